The normalized spacial score (nSPS) is 22.4. The molecule has 1 saturated heterocycles. The summed E-state index contributed by atoms with van der Waals surface area (Å²) in [7, 11) is 2.91. The number of nitrogens with zero attached hydrogens (tertiary/aromatic N) is 5. The van der Waals surface area contributed by atoms with Crippen molar-refractivity contribution >= 4 is 59.0 Å². The molecule has 34 heavy (non-hydrogen) atoms. The van der Waals surface area contributed by atoms with Crippen molar-refractivity contribution in [3.05, 3.63) is 11.3 Å². The van der Waals surface area contributed by atoms with E-state index in [1.807, 2.05) is 0 Å². The van der Waals surface area contributed by atoms with E-state index in [0.717, 1.165) is 16.7 Å². The number of hydrogen-bond donors (Lipinski definition) is 4. The van der Waals surface area contributed by atoms with Crippen LogP contribution < -0.4 is 62.4 Å². The first-order chi connectivity index (χ1) is 15.6. The van der Waals surface area contributed by atoms with Crippen molar-refractivity contribution in [2.75, 3.05) is 30.1 Å². The summed E-state index contributed by atoms with van der Waals surface area (Å²) in [6.07, 6.45) is 0. The Labute approximate surface area is 250 Å². The molecule has 3 rings (SSSR count). The van der Waals surface area contributed by atoms with E-state index in [9.17, 15) is 24.3 Å². The van der Waals surface area contributed by atoms with E-state index in [-0.39, 0.29) is 81.5 Å². The first-order valence-corrected chi connectivity index (χ1v) is 12.5. The number of tetrazole rings is 1. The van der Waals surface area contributed by atoms with Gasteiger partial charge in [0.15, 0.2) is 0 Å². The maximum atomic E-state index is 13.0. The molecule has 1 unspecified atom stereocenters. The van der Waals surface area contributed by atoms with E-state index in [0.29, 0.717) is 10.7 Å². The fraction of sp³-hybridized carbons (Fsp3) is 0.562. The summed E-state index contributed by atoms with van der Waals surface area (Å²) in [6, 6.07) is -1.12. The fourth-order valence-corrected chi connectivity index (χ4v) is 6.34. The molecule has 0 aliphatic carbocycles. The maximum Gasteiger partial charge on any atom is 1.00 e. The number of nitrogens with one attached hydrogen (secondary N) is 1. The number of carboxylic acid groups (broad SMARTS) is 2. The number of methoxy groups -OCH3 is 1. The number of aryl methyl sites for hydroxylation is 1. The van der Waals surface area contributed by atoms with Gasteiger partial charge in [0.05, 0.1) is 5.75 Å². The van der Waals surface area contributed by atoms with Crippen LogP contribution in [0.1, 0.15) is 1.43 Å². The minimum absolute atomic E-state index is 0. The SMILES string of the molecule is CO[C@@]1(NC(=O)CSCC(N)C(=O)O)C(=O)N2C(C(=O)O)=C(CSc3nnnn3C)CS[C@@H]21.[H-].[K+]. The largest absolute Gasteiger partial charge is 1.00 e. The minimum Gasteiger partial charge on any atom is -1.00 e. The van der Waals surface area contributed by atoms with Gasteiger partial charge in [0.25, 0.3) is 11.6 Å². The zero-order chi connectivity index (χ0) is 24.3. The number of nitrogens with two attached hydrogens (primary N) is 1. The Morgan fingerprint density at radius 3 is 2.71 bits per heavy atom. The molecule has 5 N–H and O–H groups in total. The smallest absolute Gasteiger partial charge is 1.00 e. The van der Waals surface area contributed by atoms with Crippen LogP contribution in [0.2, 0.25) is 0 Å². The molecular formula is C16H22KN7O7S3. The van der Waals surface area contributed by atoms with Crippen LogP contribution in [-0.2, 0) is 31.0 Å². The number of aliphatic carboxylic acids is 2. The summed E-state index contributed by atoms with van der Waals surface area (Å²) in [4.78, 5) is 49.3. The van der Waals surface area contributed by atoms with Crippen molar-refractivity contribution in [3.8, 4) is 0 Å². The van der Waals surface area contributed by atoms with Crippen molar-refractivity contribution in [2.45, 2.75) is 22.3 Å². The van der Waals surface area contributed by atoms with Crippen molar-refractivity contribution in [1.29, 1.82) is 0 Å². The Balaban J connectivity index is 0.00000306. The third kappa shape index (κ3) is 5.98. The Morgan fingerprint density at radius 2 is 2.15 bits per heavy atom. The van der Waals surface area contributed by atoms with Gasteiger partial charge in [-0.1, -0.05) is 11.8 Å². The number of fused-ring (bicyclic) bond motifs is 1. The van der Waals surface area contributed by atoms with E-state index in [1.165, 1.54) is 35.3 Å². The molecule has 18 heteroatoms. The fourth-order valence-electron chi connectivity index (χ4n) is 3.14. The quantitative estimate of drug-likeness (QED) is 0.0871. The van der Waals surface area contributed by atoms with E-state index >= 15 is 0 Å². The van der Waals surface area contributed by atoms with Crippen LogP contribution in [0.15, 0.2) is 16.4 Å². The molecular weight excluding hydrogens is 538 g/mol. The van der Waals surface area contributed by atoms with Crippen LogP contribution in [0.5, 0.6) is 0 Å². The maximum absolute atomic E-state index is 13.0. The molecule has 1 fully saturated rings. The number of carbonyl (C=O) groups is 4. The number of amides is 2. The van der Waals surface area contributed by atoms with Crippen molar-refractivity contribution in [3.63, 3.8) is 0 Å². The van der Waals surface area contributed by atoms with E-state index < -0.39 is 40.9 Å². The first-order valence-electron chi connectivity index (χ1n) is 9.30. The van der Waals surface area contributed by atoms with Gasteiger partial charge in [-0.25, -0.2) is 9.48 Å². The first kappa shape index (κ1) is 29.5. The summed E-state index contributed by atoms with van der Waals surface area (Å²) >= 11 is 3.50. The van der Waals surface area contributed by atoms with Gasteiger partial charge < -0.3 is 27.4 Å². The molecule has 0 bridgehead atoms. The summed E-state index contributed by atoms with van der Waals surface area (Å²) in [5.41, 5.74) is 4.05. The average molecular weight is 560 g/mol. The monoisotopic (exact) mass is 559 g/mol. The molecule has 0 saturated carbocycles. The van der Waals surface area contributed by atoms with Gasteiger partial charge in [0, 0.05) is 31.4 Å². The molecule has 3 heterocycles. The second-order valence-electron chi connectivity index (χ2n) is 6.92. The molecule has 14 nitrogen and oxygen atoms in total. The molecule has 0 aromatic carbocycles. The van der Waals surface area contributed by atoms with Gasteiger partial charge in [-0.05, 0) is 16.0 Å². The number of carboxylic acids is 2. The number of carbonyl (C=O) groups excluding carboxylic acids is 2. The second kappa shape index (κ2) is 12.5. The predicted molar refractivity (Wildman–Crippen MR) is 119 cm³/mol. The number of rotatable bonds is 11. The number of hydrogen-bond acceptors (Lipinski definition) is 12. The van der Waals surface area contributed by atoms with Crippen LogP contribution in [0.3, 0.4) is 0 Å². The predicted octanol–water partition coefficient (Wildman–Crippen LogP) is -4.72. The third-order valence-electron chi connectivity index (χ3n) is 4.76. The standard InChI is InChI=1S/C16H21N7O7S3.K.H/c1-22-15(19-20-21-22)33-4-7-3-32-14-16(30-2,13(29)23(14)10(7)12(27)28)18-9(24)6-31-5-8(17)11(25)26;;/h8,14H,3-6,17H2,1-2H3,(H,18,24)(H,25,26)(H,27,28);;/q;+1;-1/t8?,14-,16+;;/m1../s1. The number of ether oxygens (including phenoxy) is 1. The molecule has 3 atom stereocenters. The summed E-state index contributed by atoms with van der Waals surface area (Å²) in [5.74, 6) is -3.32. The summed E-state index contributed by atoms with van der Waals surface area (Å²) in [5, 5.41) is 31.9. The zero-order valence-electron chi connectivity index (χ0n) is 19.5. The molecule has 0 radical (unpaired) electrons. The van der Waals surface area contributed by atoms with Crippen LogP contribution in [-0.4, -0.2) is 106 Å². The van der Waals surface area contributed by atoms with Gasteiger partial charge in [0.1, 0.15) is 17.1 Å². The molecule has 1 aromatic heterocycles. The topological polar surface area (TPSA) is 203 Å². The van der Waals surface area contributed by atoms with E-state index in [4.69, 9.17) is 15.6 Å². The third-order valence-corrected chi connectivity index (χ3v) is 8.30. The van der Waals surface area contributed by atoms with Crippen molar-refractivity contribution in [2.24, 2.45) is 12.8 Å². The number of aromatic nitrogens is 4. The molecule has 1 aromatic rings. The van der Waals surface area contributed by atoms with Gasteiger partial charge in [-0.2, -0.15) is 0 Å². The Hall–Kier alpha value is -0.704. The molecule has 182 valence electrons. The van der Waals surface area contributed by atoms with Crippen molar-refractivity contribution in [1.82, 2.24) is 30.4 Å². The van der Waals surface area contributed by atoms with Gasteiger partial charge >= 0.3 is 63.3 Å². The Bertz CT molecular complexity index is 1020. The van der Waals surface area contributed by atoms with Crippen LogP contribution >= 0.6 is 35.3 Å². The minimum atomic E-state index is -1.72. The van der Waals surface area contributed by atoms with E-state index in [2.05, 4.69) is 20.8 Å². The number of thioether (sulfide) groups is 3. The number of β-lactam (4-membered cyclic amide) rings is 1. The molecule has 2 aliphatic rings. The van der Waals surface area contributed by atoms with Crippen LogP contribution in [0.4, 0.5) is 0 Å². The molecule has 2 aliphatic heterocycles. The summed E-state index contributed by atoms with van der Waals surface area (Å²) in [6.45, 7) is 0. The van der Waals surface area contributed by atoms with Crippen LogP contribution in [0, 0.1) is 0 Å². The summed E-state index contributed by atoms with van der Waals surface area (Å²) < 4.78 is 6.82. The molecule has 0 spiro atoms. The van der Waals surface area contributed by atoms with Crippen LogP contribution in [0.25, 0.3) is 0 Å². The van der Waals surface area contributed by atoms with E-state index in [1.54, 1.807) is 7.05 Å². The average Bonchev–Trinajstić information content (AvgIpc) is 3.19. The van der Waals surface area contributed by atoms with Gasteiger partial charge in [-0.3, -0.25) is 19.3 Å². The Morgan fingerprint density at radius 1 is 1.44 bits per heavy atom. The van der Waals surface area contributed by atoms with Crippen molar-refractivity contribution < 1.29 is 86.9 Å². The Kier molecular flexibility index (Phi) is 10.9. The van der Waals surface area contributed by atoms with Gasteiger partial charge in [0.2, 0.25) is 11.1 Å². The second-order valence-corrected chi connectivity index (χ2v) is 9.96. The van der Waals surface area contributed by atoms with Gasteiger partial charge in [-0.15, -0.1) is 28.6 Å². The molecule has 2 amide bonds. The zero-order valence-corrected chi connectivity index (χ0v) is 24.0.